The van der Waals surface area contributed by atoms with Gasteiger partial charge in [0.1, 0.15) is 0 Å². The highest BCUT2D eigenvalue weighted by Gasteiger charge is 2.15. The number of hydrogen-bond acceptors (Lipinski definition) is 2. The second-order valence-corrected chi connectivity index (χ2v) is 5.23. The summed E-state index contributed by atoms with van der Waals surface area (Å²) in [7, 11) is 0. The Balaban J connectivity index is 1.47. The van der Waals surface area contributed by atoms with E-state index in [-0.39, 0.29) is 0 Å². The fourth-order valence-corrected chi connectivity index (χ4v) is 2.81. The van der Waals surface area contributed by atoms with Crippen LogP contribution in [0.15, 0.2) is 0 Å². The summed E-state index contributed by atoms with van der Waals surface area (Å²) in [6.45, 7) is 4.45. The Hall–Kier alpha value is -0.0800. The molecule has 0 spiro atoms. The Labute approximate surface area is 93.8 Å². The number of hydrogen-bond donors (Lipinski definition) is 1. The van der Waals surface area contributed by atoms with Gasteiger partial charge in [-0.3, -0.25) is 0 Å². The molecule has 0 aromatic heterocycles. The summed E-state index contributed by atoms with van der Waals surface area (Å²) >= 11 is 0. The zero-order chi connectivity index (χ0) is 10.3. The molecule has 1 aliphatic heterocycles. The Bertz CT molecular complexity index is 160. The fourth-order valence-electron chi connectivity index (χ4n) is 2.81. The maximum absolute atomic E-state index is 5.81. The van der Waals surface area contributed by atoms with Gasteiger partial charge in [-0.25, -0.2) is 0 Å². The van der Waals surface area contributed by atoms with Crippen LogP contribution >= 0.6 is 0 Å². The second-order valence-electron chi connectivity index (χ2n) is 5.23. The predicted octanol–water partition coefficient (Wildman–Crippen LogP) is 2.58. The molecule has 15 heavy (non-hydrogen) atoms. The summed E-state index contributed by atoms with van der Waals surface area (Å²) in [6, 6.07) is 0. The lowest BCUT2D eigenvalue weighted by atomic mass is 9.90. The summed E-state index contributed by atoms with van der Waals surface area (Å²) in [5, 5.41) is 3.41. The lowest BCUT2D eigenvalue weighted by molar-refractivity contribution is 0.0771. The van der Waals surface area contributed by atoms with E-state index in [1.165, 1.54) is 58.0 Å². The molecule has 0 radical (unpaired) electrons. The minimum absolute atomic E-state index is 0.875. The summed E-state index contributed by atoms with van der Waals surface area (Å²) in [4.78, 5) is 0. The van der Waals surface area contributed by atoms with E-state index in [1.54, 1.807) is 0 Å². The van der Waals surface area contributed by atoms with Crippen molar-refractivity contribution < 1.29 is 4.74 Å². The van der Waals surface area contributed by atoms with Crippen LogP contribution in [0.1, 0.15) is 44.9 Å². The third-order valence-corrected chi connectivity index (χ3v) is 3.91. The topological polar surface area (TPSA) is 21.3 Å². The van der Waals surface area contributed by atoms with Crippen LogP contribution in [0.4, 0.5) is 0 Å². The van der Waals surface area contributed by atoms with Gasteiger partial charge in [0.2, 0.25) is 0 Å². The van der Waals surface area contributed by atoms with Crippen molar-refractivity contribution in [3.8, 4) is 0 Å². The van der Waals surface area contributed by atoms with Crippen molar-refractivity contribution in [2.24, 2.45) is 11.8 Å². The fraction of sp³-hybridized carbons (Fsp3) is 1.00. The third kappa shape index (κ3) is 4.12. The second kappa shape index (κ2) is 6.49. The lowest BCUT2D eigenvalue weighted by Crippen LogP contribution is -2.15. The first kappa shape index (κ1) is 11.4. The van der Waals surface area contributed by atoms with Gasteiger partial charge in [0.05, 0.1) is 0 Å². The zero-order valence-corrected chi connectivity index (χ0v) is 9.84. The van der Waals surface area contributed by atoms with Gasteiger partial charge >= 0.3 is 0 Å². The molecule has 88 valence electrons. The Morgan fingerprint density at radius 2 is 1.87 bits per heavy atom. The molecule has 1 heterocycles. The van der Waals surface area contributed by atoms with E-state index in [1.807, 2.05) is 0 Å². The van der Waals surface area contributed by atoms with E-state index in [0.717, 1.165) is 25.0 Å². The van der Waals surface area contributed by atoms with Crippen molar-refractivity contribution in [2.75, 3.05) is 26.3 Å². The molecule has 2 heteroatoms. The van der Waals surface area contributed by atoms with E-state index >= 15 is 0 Å². The molecule has 0 bridgehead atoms. The lowest BCUT2D eigenvalue weighted by Gasteiger charge is -2.21. The molecule has 0 aromatic rings. The summed E-state index contributed by atoms with van der Waals surface area (Å²) < 4.78 is 5.81. The minimum Gasteiger partial charge on any atom is -0.381 e. The van der Waals surface area contributed by atoms with E-state index < -0.39 is 0 Å². The van der Waals surface area contributed by atoms with Crippen molar-refractivity contribution in [3.63, 3.8) is 0 Å². The Morgan fingerprint density at radius 3 is 2.60 bits per heavy atom. The Kier molecular flexibility index (Phi) is 4.94. The largest absolute Gasteiger partial charge is 0.381 e. The molecular weight excluding hydrogens is 186 g/mol. The van der Waals surface area contributed by atoms with Gasteiger partial charge in [-0.1, -0.05) is 19.3 Å². The van der Waals surface area contributed by atoms with Crippen molar-refractivity contribution in [2.45, 2.75) is 44.9 Å². The quantitative estimate of drug-likeness (QED) is 0.706. The molecule has 1 unspecified atom stereocenters. The molecule has 1 N–H and O–H groups in total. The van der Waals surface area contributed by atoms with Crippen LogP contribution < -0.4 is 5.32 Å². The first-order valence-electron chi connectivity index (χ1n) is 6.73. The highest BCUT2D eigenvalue weighted by atomic mass is 16.5. The Morgan fingerprint density at radius 1 is 1.00 bits per heavy atom. The van der Waals surface area contributed by atoms with Crippen molar-refractivity contribution >= 4 is 0 Å². The summed E-state index contributed by atoms with van der Waals surface area (Å²) in [5.74, 6) is 1.76. The highest BCUT2D eigenvalue weighted by Crippen LogP contribution is 2.23. The van der Waals surface area contributed by atoms with E-state index in [4.69, 9.17) is 4.74 Å². The van der Waals surface area contributed by atoms with Gasteiger partial charge in [-0.05, 0) is 50.6 Å². The van der Waals surface area contributed by atoms with Gasteiger partial charge in [0.15, 0.2) is 0 Å². The van der Waals surface area contributed by atoms with Gasteiger partial charge in [0, 0.05) is 13.2 Å². The normalized spacial score (nSPS) is 28.4. The first-order valence-corrected chi connectivity index (χ1v) is 6.73. The van der Waals surface area contributed by atoms with Crippen molar-refractivity contribution in [3.05, 3.63) is 0 Å². The van der Waals surface area contributed by atoms with E-state index in [2.05, 4.69) is 5.32 Å². The molecule has 1 aliphatic carbocycles. The smallest absolute Gasteiger partial charge is 0.0494 e. The number of nitrogens with one attached hydrogen (secondary N) is 1. The molecule has 1 saturated carbocycles. The standard InChI is InChI=1S/C13H25NO/c1-2-4-13(5-3-1)11-15-9-7-12-6-8-14-10-12/h12-14H,1-11H2. The van der Waals surface area contributed by atoms with Crippen molar-refractivity contribution in [1.82, 2.24) is 5.32 Å². The van der Waals surface area contributed by atoms with Crippen LogP contribution in [0, 0.1) is 11.8 Å². The zero-order valence-electron chi connectivity index (χ0n) is 9.84. The first-order chi connectivity index (χ1) is 7.45. The van der Waals surface area contributed by atoms with Crippen LogP contribution in [0.2, 0.25) is 0 Å². The van der Waals surface area contributed by atoms with Crippen molar-refractivity contribution in [1.29, 1.82) is 0 Å². The van der Waals surface area contributed by atoms with Gasteiger partial charge < -0.3 is 10.1 Å². The third-order valence-electron chi connectivity index (χ3n) is 3.91. The molecule has 0 aromatic carbocycles. The van der Waals surface area contributed by atoms with Crippen LogP contribution in [0.3, 0.4) is 0 Å². The average molecular weight is 211 g/mol. The molecule has 2 fully saturated rings. The van der Waals surface area contributed by atoms with Gasteiger partial charge in [-0.2, -0.15) is 0 Å². The molecular formula is C13H25NO. The maximum Gasteiger partial charge on any atom is 0.0494 e. The van der Waals surface area contributed by atoms with Gasteiger partial charge in [0.25, 0.3) is 0 Å². The van der Waals surface area contributed by atoms with Crippen LogP contribution in [-0.4, -0.2) is 26.3 Å². The SMILES string of the molecule is C1CCC(COCCC2CCNC2)CC1. The molecule has 1 atom stereocenters. The molecule has 2 nitrogen and oxygen atoms in total. The van der Waals surface area contributed by atoms with E-state index in [0.29, 0.717) is 0 Å². The molecule has 2 aliphatic rings. The molecule has 1 saturated heterocycles. The average Bonchev–Trinajstić information content (AvgIpc) is 2.79. The maximum atomic E-state index is 5.81. The number of ether oxygens (including phenoxy) is 1. The van der Waals surface area contributed by atoms with Crippen LogP contribution in [0.25, 0.3) is 0 Å². The van der Waals surface area contributed by atoms with E-state index in [9.17, 15) is 0 Å². The summed E-state index contributed by atoms with van der Waals surface area (Å²) in [5.41, 5.74) is 0. The van der Waals surface area contributed by atoms with Crippen LogP contribution in [0.5, 0.6) is 0 Å². The highest BCUT2D eigenvalue weighted by molar-refractivity contribution is 4.71. The van der Waals surface area contributed by atoms with Gasteiger partial charge in [-0.15, -0.1) is 0 Å². The monoisotopic (exact) mass is 211 g/mol. The molecule has 0 amide bonds. The number of rotatable bonds is 5. The molecule has 2 rings (SSSR count). The minimum atomic E-state index is 0.875. The summed E-state index contributed by atoms with van der Waals surface area (Å²) in [6.07, 6.45) is 9.74. The predicted molar refractivity (Wildman–Crippen MR) is 63.0 cm³/mol. The van der Waals surface area contributed by atoms with Crippen LogP contribution in [-0.2, 0) is 4.74 Å².